The quantitative estimate of drug-likeness (QED) is 0.371. The number of hydrogen-bond donors (Lipinski definition) is 2. The van der Waals surface area contributed by atoms with E-state index in [4.69, 9.17) is 19.8 Å². The van der Waals surface area contributed by atoms with Crippen molar-refractivity contribution < 1.29 is 45.7 Å². The summed E-state index contributed by atoms with van der Waals surface area (Å²) < 4.78 is 0. The molecule has 0 aromatic carbocycles. The summed E-state index contributed by atoms with van der Waals surface area (Å²) in [6.45, 7) is 0. The van der Waals surface area contributed by atoms with Crippen LogP contribution < -0.4 is 0 Å². The Morgan fingerprint density at radius 3 is 1.12 bits per heavy atom. The van der Waals surface area contributed by atoms with Crippen molar-refractivity contribution in [1.29, 1.82) is 0 Å². The predicted octanol–water partition coefficient (Wildman–Crippen LogP) is -1.67. The average Bonchev–Trinajstić information content (AvgIpc) is 1.36. The van der Waals surface area contributed by atoms with Crippen molar-refractivity contribution in [3.63, 3.8) is 0 Å². The molecule has 0 rings (SSSR count). The number of rotatable bonds is 0. The van der Waals surface area contributed by atoms with E-state index >= 15 is 0 Å². The van der Waals surface area contributed by atoms with E-state index in [1.165, 1.54) is 0 Å². The van der Waals surface area contributed by atoms with E-state index in [-0.39, 0.29) is 25.9 Å². The third-order valence-electron chi connectivity index (χ3n) is 0.183. The van der Waals surface area contributed by atoms with Crippen molar-refractivity contribution in [2.24, 2.45) is 0 Å². The average molecular weight is 214 g/mol. The summed E-state index contributed by atoms with van der Waals surface area (Å²) in [5, 5.41) is 14.8. The second kappa shape index (κ2) is 6.56. The van der Waals surface area contributed by atoms with Crippen LogP contribution in [0.1, 0.15) is 0 Å². The summed E-state index contributed by atoms with van der Waals surface area (Å²) >= 11 is 0. The molecule has 0 unspecified atom stereocenters. The molecule has 0 amide bonds. The van der Waals surface area contributed by atoms with Crippen LogP contribution in [0.25, 0.3) is 0 Å². The molecule has 0 fully saturated rings. The monoisotopic (exact) mass is 214 g/mol. The van der Waals surface area contributed by atoms with Gasteiger partial charge in [0.25, 0.3) is 0 Å². The Hall–Kier alpha value is -0.438. The first-order valence-corrected chi connectivity index (χ1v) is 1.11. The molecule has 4 N–H and O–H groups in total. The van der Waals surface area contributed by atoms with Crippen LogP contribution in [0.5, 0.6) is 0 Å². The molecule has 0 heterocycles. The molecule has 0 saturated carbocycles. The van der Waals surface area contributed by atoms with Crippen LogP contribution in [-0.4, -0.2) is 27.6 Å². The minimum Gasteiger partial charge on any atom is -0.473 e. The fourth-order valence-electron chi connectivity index (χ4n) is 0. The van der Waals surface area contributed by atoms with Crippen molar-refractivity contribution in [2.75, 3.05) is 0 Å². The summed E-state index contributed by atoms with van der Waals surface area (Å²) in [6.07, 6.45) is 0. The predicted molar refractivity (Wildman–Crippen MR) is 18.9 cm³/mol. The summed E-state index contributed by atoms with van der Waals surface area (Å²) in [5.41, 5.74) is 0. The maximum atomic E-state index is 9.10. The molecule has 0 radical (unpaired) electrons. The Morgan fingerprint density at radius 2 is 1.12 bits per heavy atom. The van der Waals surface area contributed by atoms with Gasteiger partial charge in [0.05, 0.1) is 0 Å². The van der Waals surface area contributed by atoms with Gasteiger partial charge in [0.15, 0.2) is 0 Å². The van der Waals surface area contributed by atoms with E-state index < -0.39 is 11.9 Å². The molecule has 0 atom stereocenters. The van der Waals surface area contributed by atoms with Crippen LogP contribution in [0, 0.1) is 0 Å². The van der Waals surface area contributed by atoms with Gasteiger partial charge in [0, 0.05) is 20.4 Å². The smallest absolute Gasteiger partial charge is 0.414 e. The molecule has 0 saturated heterocycles. The van der Waals surface area contributed by atoms with Crippen LogP contribution in [-0.2, 0) is 30.0 Å². The van der Waals surface area contributed by atoms with Gasteiger partial charge in [-0.05, 0) is 0 Å². The molecule has 0 bridgehead atoms. The zero-order valence-corrected chi connectivity index (χ0v) is 5.08. The molecule has 0 aromatic rings. The van der Waals surface area contributed by atoms with Gasteiger partial charge in [-0.2, -0.15) is 0 Å². The molecule has 0 aliphatic carbocycles. The van der Waals surface area contributed by atoms with E-state index in [1.807, 2.05) is 0 Å². The third-order valence-corrected chi connectivity index (χ3v) is 0.183. The molecule has 52 valence electrons. The Balaban J connectivity index is -0.000000125. The molecule has 6 heteroatoms. The first-order valence-electron chi connectivity index (χ1n) is 1.11. The summed E-state index contributed by atoms with van der Waals surface area (Å²) in [7, 11) is 0. The second-order valence-corrected chi connectivity index (χ2v) is 0.610. The summed E-state index contributed by atoms with van der Waals surface area (Å²) in [6, 6.07) is 0. The Bertz CT molecular complexity index is 76.4. The fourth-order valence-corrected chi connectivity index (χ4v) is 0. The third kappa shape index (κ3) is 9.12. The maximum absolute atomic E-state index is 9.10. The first kappa shape index (κ1) is 15.6. The SMILES string of the molecule is O.O=C(O)C(=O)O.[Pd]. The van der Waals surface area contributed by atoms with Gasteiger partial charge >= 0.3 is 11.9 Å². The number of carboxylic acids is 2. The van der Waals surface area contributed by atoms with Gasteiger partial charge in [-0.15, -0.1) is 0 Å². The second-order valence-electron chi connectivity index (χ2n) is 0.610. The summed E-state index contributed by atoms with van der Waals surface area (Å²) in [4.78, 5) is 18.2. The van der Waals surface area contributed by atoms with E-state index in [0.29, 0.717) is 0 Å². The van der Waals surface area contributed by atoms with Crippen LogP contribution >= 0.6 is 0 Å². The number of carboxylic acid groups (broad SMARTS) is 2. The molecule has 8 heavy (non-hydrogen) atoms. The van der Waals surface area contributed by atoms with Crippen molar-refractivity contribution >= 4 is 11.9 Å². The fraction of sp³-hybridized carbons (Fsp3) is 0. The van der Waals surface area contributed by atoms with Crippen LogP contribution in [0.4, 0.5) is 0 Å². The van der Waals surface area contributed by atoms with Crippen LogP contribution in [0.3, 0.4) is 0 Å². The number of aliphatic carboxylic acids is 2. The van der Waals surface area contributed by atoms with Crippen molar-refractivity contribution in [3.05, 3.63) is 0 Å². The topological polar surface area (TPSA) is 106 Å². The first-order chi connectivity index (χ1) is 2.64. The minimum atomic E-state index is -1.82. The van der Waals surface area contributed by atoms with Crippen LogP contribution in [0.15, 0.2) is 0 Å². The number of carbonyl (C=O) groups is 2. The standard InChI is InChI=1S/C2H2O4.H2O.Pd/c3-1(4)2(5)6;;/h(H,3,4)(H,5,6);1H2;. The molecule has 0 aliphatic rings. The number of hydrogen-bond acceptors (Lipinski definition) is 2. The van der Waals surface area contributed by atoms with Crippen molar-refractivity contribution in [2.45, 2.75) is 0 Å². The molecular weight excluding hydrogens is 210 g/mol. The van der Waals surface area contributed by atoms with E-state index in [0.717, 1.165) is 0 Å². The minimum absolute atomic E-state index is 0. The van der Waals surface area contributed by atoms with E-state index in [1.54, 1.807) is 0 Å². The van der Waals surface area contributed by atoms with E-state index in [2.05, 4.69) is 0 Å². The molecule has 0 spiro atoms. The van der Waals surface area contributed by atoms with Crippen molar-refractivity contribution in [1.82, 2.24) is 0 Å². The van der Waals surface area contributed by atoms with Crippen LogP contribution in [0.2, 0.25) is 0 Å². The normalized spacial score (nSPS) is 5.50. The largest absolute Gasteiger partial charge is 0.473 e. The van der Waals surface area contributed by atoms with Gasteiger partial charge in [0.1, 0.15) is 0 Å². The molecular formula is C2H4O5Pd. The van der Waals surface area contributed by atoms with Gasteiger partial charge in [-0.1, -0.05) is 0 Å². The van der Waals surface area contributed by atoms with Gasteiger partial charge in [-0.25, -0.2) is 9.59 Å². The molecule has 5 nitrogen and oxygen atoms in total. The Morgan fingerprint density at radius 1 is 1.00 bits per heavy atom. The zero-order chi connectivity index (χ0) is 5.15. The molecule has 0 aliphatic heterocycles. The Kier molecular flexibility index (Phi) is 12.8. The van der Waals surface area contributed by atoms with E-state index in [9.17, 15) is 0 Å². The van der Waals surface area contributed by atoms with Gasteiger partial charge < -0.3 is 15.7 Å². The zero-order valence-electron chi connectivity index (χ0n) is 3.53. The maximum Gasteiger partial charge on any atom is 0.414 e. The molecule has 0 aromatic heterocycles. The summed E-state index contributed by atoms with van der Waals surface area (Å²) in [5.74, 6) is -3.65. The van der Waals surface area contributed by atoms with Gasteiger partial charge in [0.2, 0.25) is 0 Å². The van der Waals surface area contributed by atoms with Gasteiger partial charge in [-0.3, -0.25) is 0 Å². The Labute approximate surface area is 58.3 Å². The van der Waals surface area contributed by atoms with Crippen molar-refractivity contribution in [3.8, 4) is 0 Å².